The molecule has 2 aromatic heterocycles. The van der Waals surface area contributed by atoms with Crippen LogP contribution < -0.4 is 5.56 Å². The van der Waals surface area contributed by atoms with E-state index in [1.165, 1.54) is 15.9 Å². The van der Waals surface area contributed by atoms with Crippen molar-refractivity contribution >= 4 is 34.1 Å². The van der Waals surface area contributed by atoms with Crippen LogP contribution in [-0.2, 0) is 11.3 Å². The van der Waals surface area contributed by atoms with Gasteiger partial charge in [0, 0.05) is 11.4 Å². The maximum Gasteiger partial charge on any atom is 0.263 e. The monoisotopic (exact) mass is 432 g/mol. The van der Waals surface area contributed by atoms with Gasteiger partial charge in [-0.05, 0) is 42.0 Å². The Bertz CT molecular complexity index is 1340. The summed E-state index contributed by atoms with van der Waals surface area (Å²) in [6.07, 6.45) is 3.45. The molecule has 0 spiro atoms. The van der Waals surface area contributed by atoms with Gasteiger partial charge in [0.05, 0.1) is 29.2 Å². The third-order valence-corrected chi connectivity index (χ3v) is 5.50. The van der Waals surface area contributed by atoms with Crippen LogP contribution in [-0.4, -0.2) is 26.2 Å². The highest BCUT2D eigenvalue weighted by Crippen LogP contribution is 2.33. The van der Waals surface area contributed by atoms with E-state index >= 15 is 0 Å². The third kappa shape index (κ3) is 3.64. The fourth-order valence-corrected chi connectivity index (χ4v) is 3.82. The topological polar surface area (TPSA) is 80.7 Å². The van der Waals surface area contributed by atoms with Crippen molar-refractivity contribution < 1.29 is 9.21 Å². The Labute approximate surface area is 182 Å². The average Bonchev–Trinajstić information content (AvgIpc) is 3.46. The van der Waals surface area contributed by atoms with E-state index in [4.69, 9.17) is 16.0 Å². The Kier molecular flexibility index (Phi) is 4.88. The van der Waals surface area contributed by atoms with E-state index in [1.54, 1.807) is 42.7 Å². The van der Waals surface area contributed by atoms with Crippen LogP contribution in [0.3, 0.4) is 0 Å². The second kappa shape index (κ2) is 7.85. The number of amides is 1. The lowest BCUT2D eigenvalue weighted by atomic mass is 10.0. The SMILES string of the molecule is O=C(Cn1cnc2ccccc2c1=O)N1N=C(c2ccc(Cl)cc2)CC1c1ccco1. The maximum atomic E-state index is 13.2. The molecule has 0 radical (unpaired) electrons. The van der Waals surface area contributed by atoms with Crippen LogP contribution in [0.2, 0.25) is 5.02 Å². The molecule has 1 unspecified atom stereocenters. The summed E-state index contributed by atoms with van der Waals surface area (Å²) in [6, 6.07) is 17.5. The van der Waals surface area contributed by atoms with Gasteiger partial charge in [0.1, 0.15) is 18.3 Å². The number of furan rings is 1. The molecule has 1 aliphatic rings. The summed E-state index contributed by atoms with van der Waals surface area (Å²) < 4.78 is 6.87. The van der Waals surface area contributed by atoms with Crippen LogP contribution in [0, 0.1) is 0 Å². The molecule has 154 valence electrons. The standard InChI is InChI=1S/C23H17ClN4O3/c24-16-9-7-15(8-10-16)19-12-20(21-6-3-11-31-21)28(26-19)22(29)13-27-14-25-18-5-2-1-4-17(18)23(27)30/h1-11,14,20H,12-13H2. The van der Waals surface area contributed by atoms with Crippen LogP contribution in [0.25, 0.3) is 10.9 Å². The molecular formula is C23H17ClN4O3. The molecule has 4 aromatic rings. The van der Waals surface area contributed by atoms with E-state index in [0.29, 0.717) is 28.1 Å². The van der Waals surface area contributed by atoms with Crippen LogP contribution in [0.1, 0.15) is 23.8 Å². The lowest BCUT2D eigenvalue weighted by Crippen LogP contribution is -2.34. The number of para-hydroxylation sites is 1. The lowest BCUT2D eigenvalue weighted by Gasteiger charge is -2.20. The predicted molar refractivity (Wildman–Crippen MR) is 117 cm³/mol. The first-order valence-corrected chi connectivity index (χ1v) is 10.1. The number of rotatable bonds is 4. The number of benzene rings is 2. The molecular weight excluding hydrogens is 416 g/mol. The minimum atomic E-state index is -0.391. The number of aromatic nitrogens is 2. The van der Waals surface area contributed by atoms with Crippen LogP contribution >= 0.6 is 11.6 Å². The molecule has 0 fully saturated rings. The van der Waals surface area contributed by atoms with Gasteiger partial charge in [-0.1, -0.05) is 35.9 Å². The zero-order valence-corrected chi connectivity index (χ0v) is 17.1. The molecule has 0 aliphatic carbocycles. The molecule has 8 heteroatoms. The Morgan fingerprint density at radius 2 is 1.90 bits per heavy atom. The second-order valence-corrected chi connectivity index (χ2v) is 7.66. The van der Waals surface area contributed by atoms with Gasteiger partial charge >= 0.3 is 0 Å². The number of halogens is 1. The van der Waals surface area contributed by atoms with Gasteiger partial charge in [0.2, 0.25) is 0 Å². The molecule has 5 rings (SSSR count). The van der Waals surface area contributed by atoms with Gasteiger partial charge in [-0.15, -0.1) is 0 Å². The van der Waals surface area contributed by atoms with E-state index in [2.05, 4.69) is 10.1 Å². The summed E-state index contributed by atoms with van der Waals surface area (Å²) in [4.78, 5) is 30.3. The minimum absolute atomic E-state index is 0.175. The molecule has 0 N–H and O–H groups in total. The van der Waals surface area contributed by atoms with Gasteiger partial charge < -0.3 is 4.42 Å². The predicted octanol–water partition coefficient (Wildman–Crippen LogP) is 4.02. The number of hydrazone groups is 1. The Morgan fingerprint density at radius 3 is 2.68 bits per heavy atom. The summed E-state index contributed by atoms with van der Waals surface area (Å²) in [5.41, 5.74) is 1.94. The van der Waals surface area contributed by atoms with E-state index in [9.17, 15) is 9.59 Å². The summed E-state index contributed by atoms with van der Waals surface area (Å²) >= 11 is 6.00. The minimum Gasteiger partial charge on any atom is -0.467 e. The van der Waals surface area contributed by atoms with E-state index in [-0.39, 0.29) is 18.0 Å². The Balaban J connectivity index is 1.48. The summed E-state index contributed by atoms with van der Waals surface area (Å²) in [5.74, 6) is 0.301. The van der Waals surface area contributed by atoms with Crippen molar-refractivity contribution in [3.63, 3.8) is 0 Å². The fourth-order valence-electron chi connectivity index (χ4n) is 3.70. The van der Waals surface area contributed by atoms with Crippen molar-refractivity contribution in [1.82, 2.24) is 14.6 Å². The van der Waals surface area contributed by atoms with Gasteiger partial charge in [-0.3, -0.25) is 14.2 Å². The molecule has 1 atom stereocenters. The summed E-state index contributed by atoms with van der Waals surface area (Å²) in [6.45, 7) is -0.175. The highest BCUT2D eigenvalue weighted by Gasteiger charge is 2.35. The van der Waals surface area contributed by atoms with Crippen molar-refractivity contribution in [3.8, 4) is 0 Å². The average molecular weight is 433 g/mol. The molecule has 2 aromatic carbocycles. The van der Waals surface area contributed by atoms with Crippen molar-refractivity contribution in [3.05, 3.63) is 100.0 Å². The molecule has 7 nitrogen and oxygen atoms in total. The zero-order valence-electron chi connectivity index (χ0n) is 16.3. The van der Waals surface area contributed by atoms with Crippen molar-refractivity contribution in [1.29, 1.82) is 0 Å². The van der Waals surface area contributed by atoms with Gasteiger partial charge in [0.15, 0.2) is 0 Å². The smallest absolute Gasteiger partial charge is 0.263 e. The molecule has 1 aliphatic heterocycles. The first-order valence-electron chi connectivity index (χ1n) is 9.73. The fraction of sp³-hybridized carbons (Fsp3) is 0.130. The van der Waals surface area contributed by atoms with Crippen molar-refractivity contribution in [2.75, 3.05) is 0 Å². The summed E-state index contributed by atoms with van der Waals surface area (Å²) in [7, 11) is 0. The molecule has 0 saturated heterocycles. The first kappa shape index (κ1) is 19.3. The first-order chi connectivity index (χ1) is 15.1. The van der Waals surface area contributed by atoms with Gasteiger partial charge in [0.25, 0.3) is 11.5 Å². The van der Waals surface area contributed by atoms with Crippen LogP contribution in [0.15, 0.2) is 87.6 Å². The molecule has 31 heavy (non-hydrogen) atoms. The third-order valence-electron chi connectivity index (χ3n) is 5.25. The maximum absolute atomic E-state index is 13.2. The van der Waals surface area contributed by atoms with Crippen molar-refractivity contribution in [2.24, 2.45) is 5.10 Å². The highest BCUT2D eigenvalue weighted by molar-refractivity contribution is 6.30. The molecule has 1 amide bonds. The van der Waals surface area contributed by atoms with Crippen LogP contribution in [0.4, 0.5) is 0 Å². The van der Waals surface area contributed by atoms with Gasteiger partial charge in [-0.2, -0.15) is 5.10 Å². The van der Waals surface area contributed by atoms with E-state index < -0.39 is 6.04 Å². The number of carbonyl (C=O) groups is 1. The number of hydrogen-bond donors (Lipinski definition) is 0. The van der Waals surface area contributed by atoms with Crippen LogP contribution in [0.5, 0.6) is 0 Å². The quantitative estimate of drug-likeness (QED) is 0.487. The van der Waals surface area contributed by atoms with E-state index in [0.717, 1.165) is 11.3 Å². The Hall–Kier alpha value is -3.71. The number of hydrogen-bond acceptors (Lipinski definition) is 5. The van der Waals surface area contributed by atoms with E-state index in [1.807, 2.05) is 24.3 Å². The Morgan fingerprint density at radius 1 is 1.10 bits per heavy atom. The molecule has 3 heterocycles. The number of carbonyl (C=O) groups excluding carboxylic acids is 1. The molecule has 0 saturated carbocycles. The highest BCUT2D eigenvalue weighted by atomic mass is 35.5. The van der Waals surface area contributed by atoms with Gasteiger partial charge in [-0.25, -0.2) is 9.99 Å². The normalized spacial score (nSPS) is 16.0. The largest absolute Gasteiger partial charge is 0.467 e. The number of fused-ring (bicyclic) bond motifs is 1. The summed E-state index contributed by atoms with van der Waals surface area (Å²) in [5, 5.41) is 7.06. The molecule has 0 bridgehead atoms. The van der Waals surface area contributed by atoms with Crippen molar-refractivity contribution in [2.45, 2.75) is 19.0 Å². The lowest BCUT2D eigenvalue weighted by molar-refractivity contribution is -0.134. The second-order valence-electron chi connectivity index (χ2n) is 7.22. The zero-order chi connectivity index (χ0) is 21.4. The number of nitrogens with zero attached hydrogens (tertiary/aromatic N) is 4.